The van der Waals surface area contributed by atoms with Crippen molar-refractivity contribution in [3.63, 3.8) is 0 Å². The maximum absolute atomic E-state index is 5.36. The molecule has 1 aromatic rings. The number of hydrogen-bond acceptors (Lipinski definition) is 4. The summed E-state index contributed by atoms with van der Waals surface area (Å²) in [6, 6.07) is 4.64. The molecule has 0 saturated carbocycles. The van der Waals surface area contributed by atoms with Crippen LogP contribution in [0.1, 0.15) is 24.8 Å². The molecular formula is C16H25BrN2O2. The number of hydrogen-bond donors (Lipinski definition) is 1. The van der Waals surface area contributed by atoms with Crippen LogP contribution in [0.2, 0.25) is 0 Å². The van der Waals surface area contributed by atoms with Crippen LogP contribution >= 0.6 is 15.9 Å². The van der Waals surface area contributed by atoms with Crippen LogP contribution in [-0.4, -0.2) is 45.3 Å². The highest BCUT2D eigenvalue weighted by molar-refractivity contribution is 9.10. The van der Waals surface area contributed by atoms with Gasteiger partial charge in [-0.2, -0.15) is 0 Å². The molecule has 4 nitrogen and oxygen atoms in total. The number of halogens is 1. The lowest BCUT2D eigenvalue weighted by Crippen LogP contribution is -2.42. The molecule has 21 heavy (non-hydrogen) atoms. The minimum absolute atomic E-state index is 0.651. The summed E-state index contributed by atoms with van der Waals surface area (Å²) in [7, 11) is 5.54. The Morgan fingerprint density at radius 2 is 1.95 bits per heavy atom. The maximum atomic E-state index is 5.36. The van der Waals surface area contributed by atoms with Gasteiger partial charge < -0.3 is 19.7 Å². The zero-order valence-corrected chi connectivity index (χ0v) is 14.7. The highest BCUT2D eigenvalue weighted by Crippen LogP contribution is 2.33. The molecule has 0 bridgehead atoms. The third-order valence-electron chi connectivity index (χ3n) is 4.17. The number of methoxy groups -OCH3 is 2. The van der Waals surface area contributed by atoms with E-state index < -0.39 is 0 Å². The Balaban J connectivity index is 1.93. The molecule has 0 aromatic heterocycles. The van der Waals surface area contributed by atoms with Crippen molar-refractivity contribution in [3.8, 4) is 11.5 Å². The van der Waals surface area contributed by atoms with E-state index in [1.807, 2.05) is 12.1 Å². The molecule has 0 aliphatic carbocycles. The Kier molecular flexibility index (Phi) is 6.33. The Labute approximate surface area is 135 Å². The SMILES string of the molecule is COc1cc(Br)c(CNCC2CCCCN2C)cc1OC. The average molecular weight is 357 g/mol. The minimum Gasteiger partial charge on any atom is -0.493 e. The quantitative estimate of drug-likeness (QED) is 0.849. The highest BCUT2D eigenvalue weighted by Gasteiger charge is 2.18. The van der Waals surface area contributed by atoms with Crippen molar-refractivity contribution in [2.75, 3.05) is 34.4 Å². The van der Waals surface area contributed by atoms with Gasteiger partial charge >= 0.3 is 0 Å². The number of rotatable bonds is 6. The first kappa shape index (κ1) is 16.6. The number of benzene rings is 1. The summed E-state index contributed by atoms with van der Waals surface area (Å²) in [5, 5.41) is 3.56. The maximum Gasteiger partial charge on any atom is 0.161 e. The first-order valence-electron chi connectivity index (χ1n) is 7.47. The predicted molar refractivity (Wildman–Crippen MR) is 89.2 cm³/mol. The van der Waals surface area contributed by atoms with E-state index in [2.05, 4.69) is 33.2 Å². The summed E-state index contributed by atoms with van der Waals surface area (Å²) in [5.74, 6) is 1.52. The minimum atomic E-state index is 0.651. The first-order chi connectivity index (χ1) is 10.2. The fourth-order valence-corrected chi connectivity index (χ4v) is 3.27. The van der Waals surface area contributed by atoms with Crippen molar-refractivity contribution in [1.29, 1.82) is 0 Å². The lowest BCUT2D eigenvalue weighted by molar-refractivity contribution is 0.181. The van der Waals surface area contributed by atoms with Crippen LogP contribution in [-0.2, 0) is 6.54 Å². The highest BCUT2D eigenvalue weighted by atomic mass is 79.9. The molecule has 1 fully saturated rings. The number of ether oxygens (including phenoxy) is 2. The van der Waals surface area contributed by atoms with E-state index in [9.17, 15) is 0 Å². The summed E-state index contributed by atoms with van der Waals surface area (Å²) in [6.07, 6.45) is 3.96. The van der Waals surface area contributed by atoms with E-state index in [1.54, 1.807) is 14.2 Å². The molecule has 1 atom stereocenters. The van der Waals surface area contributed by atoms with Crippen molar-refractivity contribution < 1.29 is 9.47 Å². The second-order valence-electron chi connectivity index (χ2n) is 5.56. The van der Waals surface area contributed by atoms with E-state index in [0.717, 1.165) is 29.1 Å². The molecule has 1 aliphatic heterocycles. The van der Waals surface area contributed by atoms with Crippen LogP contribution < -0.4 is 14.8 Å². The van der Waals surface area contributed by atoms with Gasteiger partial charge in [0, 0.05) is 23.6 Å². The van der Waals surface area contributed by atoms with Crippen molar-refractivity contribution in [2.45, 2.75) is 31.8 Å². The largest absolute Gasteiger partial charge is 0.493 e. The topological polar surface area (TPSA) is 33.7 Å². The third kappa shape index (κ3) is 4.34. The average Bonchev–Trinajstić information content (AvgIpc) is 2.50. The van der Waals surface area contributed by atoms with Gasteiger partial charge in [0.15, 0.2) is 11.5 Å². The van der Waals surface area contributed by atoms with Gasteiger partial charge in [0.05, 0.1) is 14.2 Å². The Bertz CT molecular complexity index is 468. The van der Waals surface area contributed by atoms with Crippen molar-refractivity contribution in [2.24, 2.45) is 0 Å². The number of piperidine rings is 1. The van der Waals surface area contributed by atoms with Crippen LogP contribution in [0, 0.1) is 0 Å². The molecule has 118 valence electrons. The van der Waals surface area contributed by atoms with Crippen LogP contribution in [0.3, 0.4) is 0 Å². The molecule has 0 radical (unpaired) electrons. The molecule has 1 unspecified atom stereocenters. The monoisotopic (exact) mass is 356 g/mol. The number of likely N-dealkylation sites (N-methyl/N-ethyl adjacent to an activating group) is 1. The van der Waals surface area contributed by atoms with Gasteiger partial charge in [0.25, 0.3) is 0 Å². The molecule has 1 N–H and O–H groups in total. The third-order valence-corrected chi connectivity index (χ3v) is 4.91. The standard InChI is InChI=1S/C16H25BrN2O2/c1-19-7-5-4-6-13(19)11-18-10-12-8-15(20-2)16(21-3)9-14(12)17/h8-9,13,18H,4-7,10-11H2,1-3H3. The molecule has 0 spiro atoms. The second-order valence-corrected chi connectivity index (χ2v) is 6.41. The number of nitrogens with one attached hydrogen (secondary N) is 1. The van der Waals surface area contributed by atoms with E-state index >= 15 is 0 Å². The normalized spacial score (nSPS) is 19.5. The summed E-state index contributed by atoms with van der Waals surface area (Å²) in [4.78, 5) is 2.46. The van der Waals surface area contributed by atoms with Crippen LogP contribution in [0.15, 0.2) is 16.6 Å². The molecule has 1 saturated heterocycles. The lowest BCUT2D eigenvalue weighted by atomic mass is 10.0. The first-order valence-corrected chi connectivity index (χ1v) is 8.26. The van der Waals surface area contributed by atoms with Gasteiger partial charge in [-0.15, -0.1) is 0 Å². The van der Waals surface area contributed by atoms with E-state index in [0.29, 0.717) is 6.04 Å². The van der Waals surface area contributed by atoms with Crippen molar-refractivity contribution >= 4 is 15.9 Å². The van der Waals surface area contributed by atoms with Crippen LogP contribution in [0.4, 0.5) is 0 Å². The summed E-state index contributed by atoms with van der Waals surface area (Å²) >= 11 is 3.60. The molecule has 2 rings (SSSR count). The van der Waals surface area contributed by atoms with Crippen molar-refractivity contribution in [1.82, 2.24) is 10.2 Å². The van der Waals surface area contributed by atoms with Gasteiger partial charge in [-0.25, -0.2) is 0 Å². The van der Waals surface area contributed by atoms with Gasteiger partial charge in [-0.1, -0.05) is 22.4 Å². The number of likely N-dealkylation sites (tertiary alicyclic amines) is 1. The zero-order valence-electron chi connectivity index (χ0n) is 13.1. The summed E-state index contributed by atoms with van der Waals surface area (Å²) < 4.78 is 11.7. The summed E-state index contributed by atoms with van der Waals surface area (Å²) in [5.41, 5.74) is 1.19. The van der Waals surface area contributed by atoms with Crippen LogP contribution in [0.5, 0.6) is 11.5 Å². The molecule has 0 amide bonds. The van der Waals surface area contributed by atoms with Gasteiger partial charge in [-0.3, -0.25) is 0 Å². The second kappa shape index (κ2) is 8.01. The Hall–Kier alpha value is -0.780. The lowest BCUT2D eigenvalue weighted by Gasteiger charge is -2.32. The fraction of sp³-hybridized carbons (Fsp3) is 0.625. The molecule has 1 aromatic carbocycles. The predicted octanol–water partition coefficient (Wildman–Crippen LogP) is 3.04. The smallest absolute Gasteiger partial charge is 0.161 e. The summed E-state index contributed by atoms with van der Waals surface area (Å²) in [6.45, 7) is 3.06. The van der Waals surface area contributed by atoms with E-state index in [1.165, 1.54) is 31.4 Å². The molecular weight excluding hydrogens is 332 g/mol. The van der Waals surface area contributed by atoms with Gasteiger partial charge in [-0.05, 0) is 44.1 Å². The van der Waals surface area contributed by atoms with E-state index in [-0.39, 0.29) is 0 Å². The van der Waals surface area contributed by atoms with Gasteiger partial charge in [0.2, 0.25) is 0 Å². The van der Waals surface area contributed by atoms with Gasteiger partial charge in [0.1, 0.15) is 0 Å². The van der Waals surface area contributed by atoms with Crippen LogP contribution in [0.25, 0.3) is 0 Å². The molecule has 1 aliphatic rings. The number of nitrogens with zero attached hydrogens (tertiary/aromatic N) is 1. The fourth-order valence-electron chi connectivity index (χ4n) is 2.81. The zero-order chi connectivity index (χ0) is 15.2. The van der Waals surface area contributed by atoms with E-state index in [4.69, 9.17) is 9.47 Å². The molecule has 5 heteroatoms. The Morgan fingerprint density at radius 1 is 1.24 bits per heavy atom. The Morgan fingerprint density at radius 3 is 2.62 bits per heavy atom. The van der Waals surface area contributed by atoms with Crippen molar-refractivity contribution in [3.05, 3.63) is 22.2 Å². The molecule has 1 heterocycles.